The van der Waals surface area contributed by atoms with E-state index in [-0.39, 0.29) is 0 Å². The fourth-order valence-corrected chi connectivity index (χ4v) is 1.88. The number of nitrogens with zero attached hydrogens (tertiary/aromatic N) is 2. The molecule has 0 aromatic heterocycles. The van der Waals surface area contributed by atoms with Gasteiger partial charge in [-0.25, -0.2) is 5.53 Å². The topological polar surface area (TPSA) is 27.6 Å². The van der Waals surface area contributed by atoms with E-state index in [1.807, 2.05) is 41.4 Å². The molecule has 0 radical (unpaired) electrons. The lowest BCUT2D eigenvalue weighted by Gasteiger charge is -2.16. The van der Waals surface area contributed by atoms with Crippen LogP contribution < -0.4 is 10.5 Å². The van der Waals surface area contributed by atoms with Crippen LogP contribution in [0.2, 0.25) is 0 Å². The van der Waals surface area contributed by atoms with Gasteiger partial charge in [0.05, 0.1) is 17.9 Å². The number of para-hydroxylation sites is 1. The summed E-state index contributed by atoms with van der Waals surface area (Å²) >= 11 is 0. The van der Waals surface area contributed by atoms with Crippen LogP contribution in [0, 0.1) is 0 Å². The molecule has 3 nitrogen and oxygen atoms in total. The molecule has 0 fully saturated rings. The molecule has 1 heterocycles. The van der Waals surface area contributed by atoms with Gasteiger partial charge in [-0.15, -0.1) is 0 Å². The standard InChI is InChI=1S/C14H13N3/c1-3-7-12(8-4-1)14-11-17(16-15-14)13-9-5-2-6-10-13/h1-10,16H,11H2. The van der Waals surface area contributed by atoms with E-state index in [0.29, 0.717) is 0 Å². The van der Waals surface area contributed by atoms with Crippen molar-refractivity contribution in [2.75, 3.05) is 11.6 Å². The third-order valence-electron chi connectivity index (χ3n) is 2.79. The van der Waals surface area contributed by atoms with Crippen molar-refractivity contribution in [1.82, 2.24) is 5.53 Å². The Morgan fingerprint density at radius 3 is 2.24 bits per heavy atom. The number of hydrazine groups is 1. The Morgan fingerprint density at radius 2 is 1.53 bits per heavy atom. The van der Waals surface area contributed by atoms with Crippen molar-refractivity contribution in [2.45, 2.75) is 0 Å². The molecule has 0 spiro atoms. The maximum atomic E-state index is 4.36. The molecule has 0 atom stereocenters. The van der Waals surface area contributed by atoms with Crippen molar-refractivity contribution >= 4 is 11.4 Å². The number of rotatable bonds is 2. The molecule has 1 aliphatic heterocycles. The number of hydrogen-bond acceptors (Lipinski definition) is 3. The summed E-state index contributed by atoms with van der Waals surface area (Å²) in [6.07, 6.45) is 0. The molecule has 3 rings (SSSR count). The van der Waals surface area contributed by atoms with Gasteiger partial charge in [-0.3, -0.25) is 5.01 Å². The zero-order valence-corrected chi connectivity index (χ0v) is 9.38. The van der Waals surface area contributed by atoms with E-state index >= 15 is 0 Å². The van der Waals surface area contributed by atoms with Gasteiger partial charge in [-0.1, -0.05) is 48.5 Å². The predicted octanol–water partition coefficient (Wildman–Crippen LogP) is 2.42. The summed E-state index contributed by atoms with van der Waals surface area (Å²) in [5, 5.41) is 6.39. The number of benzene rings is 2. The lowest BCUT2D eigenvalue weighted by atomic mass is 10.1. The van der Waals surface area contributed by atoms with Crippen molar-refractivity contribution < 1.29 is 0 Å². The highest BCUT2D eigenvalue weighted by atomic mass is 15.7. The second-order valence-electron chi connectivity index (χ2n) is 3.95. The van der Waals surface area contributed by atoms with E-state index in [4.69, 9.17) is 0 Å². The minimum atomic E-state index is 0.786. The first-order chi connectivity index (χ1) is 8.43. The van der Waals surface area contributed by atoms with Crippen molar-refractivity contribution in [1.29, 1.82) is 0 Å². The fourth-order valence-electron chi connectivity index (χ4n) is 1.88. The highest BCUT2D eigenvalue weighted by Crippen LogP contribution is 2.15. The van der Waals surface area contributed by atoms with Crippen LogP contribution in [0.1, 0.15) is 5.56 Å². The maximum absolute atomic E-state index is 4.36. The van der Waals surface area contributed by atoms with Crippen molar-refractivity contribution in [3.8, 4) is 0 Å². The fraction of sp³-hybridized carbons (Fsp3) is 0.0714. The molecule has 2 aromatic carbocycles. The van der Waals surface area contributed by atoms with E-state index < -0.39 is 0 Å². The molecule has 0 amide bonds. The van der Waals surface area contributed by atoms with Crippen molar-refractivity contribution in [3.63, 3.8) is 0 Å². The Hall–Kier alpha value is -2.29. The lowest BCUT2D eigenvalue weighted by Crippen LogP contribution is -2.30. The van der Waals surface area contributed by atoms with Gasteiger partial charge < -0.3 is 0 Å². The Labute approximate surface area is 100 Å². The first kappa shape index (κ1) is 9.90. The van der Waals surface area contributed by atoms with E-state index in [2.05, 4.69) is 34.9 Å². The highest BCUT2D eigenvalue weighted by molar-refractivity contribution is 6.04. The Kier molecular flexibility index (Phi) is 2.50. The first-order valence-corrected chi connectivity index (χ1v) is 5.64. The van der Waals surface area contributed by atoms with Crippen LogP contribution in [-0.4, -0.2) is 12.3 Å². The number of anilines is 1. The van der Waals surface area contributed by atoms with Crippen LogP contribution in [-0.2, 0) is 0 Å². The minimum Gasteiger partial charge on any atom is -0.266 e. The van der Waals surface area contributed by atoms with Gasteiger partial charge in [-0.05, 0) is 17.7 Å². The van der Waals surface area contributed by atoms with Gasteiger partial charge >= 0.3 is 0 Å². The van der Waals surface area contributed by atoms with Gasteiger partial charge in [0.1, 0.15) is 0 Å². The minimum absolute atomic E-state index is 0.786. The van der Waals surface area contributed by atoms with Crippen LogP contribution in [0.5, 0.6) is 0 Å². The normalized spacial score (nSPS) is 14.4. The van der Waals surface area contributed by atoms with E-state index in [1.165, 1.54) is 5.56 Å². The van der Waals surface area contributed by atoms with Crippen LogP contribution in [0.15, 0.2) is 65.8 Å². The molecule has 2 aromatic rings. The zero-order valence-electron chi connectivity index (χ0n) is 9.38. The van der Waals surface area contributed by atoms with Gasteiger partial charge in [0.15, 0.2) is 0 Å². The predicted molar refractivity (Wildman–Crippen MR) is 69.9 cm³/mol. The lowest BCUT2D eigenvalue weighted by molar-refractivity contribution is 0.749. The van der Waals surface area contributed by atoms with Crippen LogP contribution in [0.25, 0.3) is 0 Å². The molecule has 3 heteroatoms. The zero-order chi connectivity index (χ0) is 11.5. The molecular formula is C14H13N3. The molecule has 17 heavy (non-hydrogen) atoms. The van der Waals surface area contributed by atoms with E-state index in [9.17, 15) is 0 Å². The summed E-state index contributed by atoms with van der Waals surface area (Å²) in [6, 6.07) is 20.4. The summed E-state index contributed by atoms with van der Waals surface area (Å²) in [5.41, 5.74) is 6.40. The molecule has 0 bridgehead atoms. The average Bonchev–Trinajstić information content (AvgIpc) is 2.90. The van der Waals surface area contributed by atoms with Crippen LogP contribution in [0.3, 0.4) is 0 Å². The summed E-state index contributed by atoms with van der Waals surface area (Å²) < 4.78 is 0. The average molecular weight is 223 g/mol. The Bertz CT molecular complexity index is 520. The van der Waals surface area contributed by atoms with Gasteiger partial charge in [0.2, 0.25) is 0 Å². The van der Waals surface area contributed by atoms with E-state index in [0.717, 1.165) is 17.9 Å². The molecule has 0 aliphatic carbocycles. The SMILES string of the molecule is c1ccc(C2=NNN(c3ccccc3)C2)cc1. The van der Waals surface area contributed by atoms with Crippen molar-refractivity contribution in [3.05, 3.63) is 66.2 Å². The maximum Gasteiger partial charge on any atom is 0.0910 e. The number of nitrogens with one attached hydrogen (secondary N) is 1. The van der Waals surface area contributed by atoms with Gasteiger partial charge in [0, 0.05) is 0 Å². The Morgan fingerprint density at radius 1 is 0.882 bits per heavy atom. The molecule has 84 valence electrons. The molecule has 0 saturated carbocycles. The summed E-state index contributed by atoms with van der Waals surface area (Å²) in [7, 11) is 0. The molecular weight excluding hydrogens is 210 g/mol. The summed E-state index contributed by atoms with van der Waals surface area (Å²) in [6.45, 7) is 0.786. The summed E-state index contributed by atoms with van der Waals surface area (Å²) in [5.74, 6) is 0. The number of hydrogen-bond donors (Lipinski definition) is 1. The third-order valence-corrected chi connectivity index (χ3v) is 2.79. The second kappa shape index (κ2) is 4.29. The third kappa shape index (κ3) is 1.99. The number of hydrazone groups is 1. The molecule has 0 saturated heterocycles. The smallest absolute Gasteiger partial charge is 0.0910 e. The largest absolute Gasteiger partial charge is 0.266 e. The van der Waals surface area contributed by atoms with Gasteiger partial charge in [0.25, 0.3) is 0 Å². The molecule has 1 aliphatic rings. The second-order valence-corrected chi connectivity index (χ2v) is 3.95. The van der Waals surface area contributed by atoms with Crippen LogP contribution in [0.4, 0.5) is 5.69 Å². The highest BCUT2D eigenvalue weighted by Gasteiger charge is 2.16. The molecule has 0 unspecified atom stereocenters. The summed E-state index contributed by atoms with van der Waals surface area (Å²) in [4.78, 5) is 0. The quantitative estimate of drug-likeness (QED) is 0.846. The van der Waals surface area contributed by atoms with Crippen molar-refractivity contribution in [2.24, 2.45) is 5.10 Å². The van der Waals surface area contributed by atoms with E-state index in [1.54, 1.807) is 0 Å². The van der Waals surface area contributed by atoms with Crippen LogP contribution >= 0.6 is 0 Å². The monoisotopic (exact) mass is 223 g/mol. The van der Waals surface area contributed by atoms with Gasteiger partial charge in [-0.2, -0.15) is 5.10 Å². The Balaban J connectivity index is 1.78. The first-order valence-electron chi connectivity index (χ1n) is 5.64. The molecule has 1 N–H and O–H groups in total.